The predicted octanol–water partition coefficient (Wildman–Crippen LogP) is 3.22. The summed E-state index contributed by atoms with van der Waals surface area (Å²) in [6.45, 7) is -0.205. The van der Waals surface area contributed by atoms with Crippen LogP contribution in [0.3, 0.4) is 0 Å². The molecule has 0 aliphatic heterocycles. The molecule has 0 aromatic heterocycles. The Labute approximate surface area is 139 Å². The molecular formula is C17H34NO4+. The number of hydrogen-bond acceptors (Lipinski definition) is 3. The molecule has 0 bridgehead atoms. The van der Waals surface area contributed by atoms with Crippen molar-refractivity contribution in [3.05, 3.63) is 0 Å². The van der Waals surface area contributed by atoms with Gasteiger partial charge in [-0.05, 0) is 6.42 Å². The average molecular weight is 319 g/mol. The van der Waals surface area contributed by atoms with Crippen LogP contribution in [0.5, 0.6) is 0 Å². The third kappa shape index (κ3) is 13.9. The molecule has 0 aromatic rings. The monoisotopic (exact) mass is 319 g/mol. The number of carbonyl (C=O) groups excluding carboxylic acids is 1. The molecule has 1 unspecified atom stereocenters. The highest BCUT2D eigenvalue weighted by atomic mass is 16.5. The Morgan fingerprint density at radius 2 is 1.73 bits per heavy atom. The highest BCUT2D eigenvalue weighted by Crippen LogP contribution is 2.11. The number of rotatable bonds is 13. The number of hydrogen-bond donors (Lipinski definition) is 1. The Morgan fingerprint density at radius 1 is 1.14 bits per heavy atom. The molecule has 5 heteroatoms. The van der Waals surface area contributed by atoms with Crippen molar-refractivity contribution in [2.75, 3.05) is 27.6 Å². The first-order valence-electron chi connectivity index (χ1n) is 9.74. The number of unbranched alkanes of at least 4 members (excludes halogenated alkanes) is 6. The molecule has 1 N–H and O–H groups in total. The van der Waals surface area contributed by atoms with Gasteiger partial charge in [-0.3, -0.25) is 9.59 Å². The third-order valence-corrected chi connectivity index (χ3v) is 3.34. The molecule has 130 valence electrons. The molecule has 0 saturated carbocycles. The van der Waals surface area contributed by atoms with Gasteiger partial charge < -0.3 is 14.3 Å². The number of likely N-dealkylation sites (N-methyl/N-ethyl adjacent to an activating group) is 1. The van der Waals surface area contributed by atoms with Crippen LogP contribution >= 0.6 is 0 Å². The highest BCUT2D eigenvalue weighted by Gasteiger charge is 2.24. The van der Waals surface area contributed by atoms with Crippen LogP contribution in [0, 0.1) is 0 Å². The maximum atomic E-state index is 11.9. The van der Waals surface area contributed by atoms with Gasteiger partial charge in [-0.15, -0.1) is 0 Å². The number of carboxylic acids is 1. The summed E-state index contributed by atoms with van der Waals surface area (Å²) < 4.78 is 27.4. The summed E-state index contributed by atoms with van der Waals surface area (Å²) in [5.41, 5.74) is 0. The second kappa shape index (κ2) is 11.5. The van der Waals surface area contributed by atoms with Crippen LogP contribution in [0.2, 0.25) is 0 Å². The minimum Gasteiger partial charge on any atom is -0.481 e. The van der Waals surface area contributed by atoms with Gasteiger partial charge in [0, 0.05) is 6.42 Å². The number of quaternary nitrogens is 1. The van der Waals surface area contributed by atoms with E-state index in [1.165, 1.54) is 33.4 Å². The fourth-order valence-corrected chi connectivity index (χ4v) is 2.32. The largest absolute Gasteiger partial charge is 0.481 e. The summed E-state index contributed by atoms with van der Waals surface area (Å²) in [7, 11) is 2.96. The average Bonchev–Trinajstić information content (AvgIpc) is 2.43. The molecule has 0 radical (unpaired) electrons. The fourth-order valence-electron chi connectivity index (χ4n) is 2.32. The van der Waals surface area contributed by atoms with Crippen LogP contribution in [0.1, 0.15) is 68.8 Å². The van der Waals surface area contributed by atoms with Crippen molar-refractivity contribution >= 4 is 11.9 Å². The van der Waals surface area contributed by atoms with Gasteiger partial charge >= 0.3 is 11.9 Å². The van der Waals surface area contributed by atoms with Crippen LogP contribution < -0.4 is 0 Å². The zero-order chi connectivity index (χ0) is 19.5. The van der Waals surface area contributed by atoms with Gasteiger partial charge in [-0.1, -0.05) is 45.4 Å². The molecule has 5 nitrogen and oxygen atoms in total. The smallest absolute Gasteiger partial charge is 0.307 e. The molecule has 0 heterocycles. The molecule has 0 aromatic carbocycles. The molecule has 0 spiro atoms. The number of aliphatic carboxylic acids is 1. The van der Waals surface area contributed by atoms with E-state index < -0.39 is 29.5 Å². The lowest BCUT2D eigenvalue weighted by Crippen LogP contribution is -2.43. The van der Waals surface area contributed by atoms with Gasteiger partial charge in [0.05, 0.1) is 31.6 Å². The Balaban J connectivity index is 4.33. The minimum atomic E-state index is -2.30. The van der Waals surface area contributed by atoms with Crippen molar-refractivity contribution in [3.63, 3.8) is 0 Å². The number of carbonyl (C=O) groups is 2. The zero-order valence-electron chi connectivity index (χ0n) is 17.3. The van der Waals surface area contributed by atoms with E-state index in [9.17, 15) is 9.59 Å². The van der Waals surface area contributed by atoms with Crippen LogP contribution in [-0.4, -0.2) is 55.2 Å². The lowest BCUT2D eigenvalue weighted by molar-refractivity contribution is -0.873. The van der Waals surface area contributed by atoms with Gasteiger partial charge in [-0.25, -0.2) is 0 Å². The van der Waals surface area contributed by atoms with Crippen LogP contribution in [0.15, 0.2) is 0 Å². The minimum absolute atomic E-state index is 0.0639. The molecule has 0 saturated heterocycles. The van der Waals surface area contributed by atoms with E-state index in [1.54, 1.807) is 0 Å². The van der Waals surface area contributed by atoms with E-state index in [0.717, 1.165) is 19.3 Å². The zero-order valence-corrected chi connectivity index (χ0v) is 14.3. The molecule has 0 aliphatic rings. The summed E-state index contributed by atoms with van der Waals surface area (Å²) in [5, 5.41) is 8.97. The van der Waals surface area contributed by atoms with Crippen molar-refractivity contribution in [2.45, 2.75) is 70.8 Å². The van der Waals surface area contributed by atoms with E-state index in [-0.39, 0.29) is 19.4 Å². The van der Waals surface area contributed by atoms with Crippen molar-refractivity contribution in [1.29, 1.82) is 0 Å². The maximum absolute atomic E-state index is 11.9. The number of nitrogens with zero attached hydrogens (tertiary/aromatic N) is 1. The highest BCUT2D eigenvalue weighted by molar-refractivity contribution is 5.71. The summed E-state index contributed by atoms with van der Waals surface area (Å²) in [6.07, 6.45) is 6.45. The van der Waals surface area contributed by atoms with Crippen molar-refractivity contribution in [2.24, 2.45) is 0 Å². The van der Waals surface area contributed by atoms with Gasteiger partial charge in [-0.2, -0.15) is 0 Å². The summed E-state index contributed by atoms with van der Waals surface area (Å²) in [5.74, 6) is -1.57. The first kappa shape index (κ1) is 15.8. The molecular weight excluding hydrogens is 282 g/mol. The van der Waals surface area contributed by atoms with E-state index >= 15 is 0 Å². The number of ether oxygens (including phenoxy) is 1. The van der Waals surface area contributed by atoms with Gasteiger partial charge in [0.25, 0.3) is 0 Å². The lowest BCUT2D eigenvalue weighted by Gasteiger charge is -2.28. The molecule has 0 rings (SSSR count). The van der Waals surface area contributed by atoms with Gasteiger partial charge in [0.1, 0.15) is 6.54 Å². The van der Waals surface area contributed by atoms with Crippen LogP contribution in [0.25, 0.3) is 0 Å². The number of esters is 1. The maximum Gasteiger partial charge on any atom is 0.307 e. The summed E-state index contributed by atoms with van der Waals surface area (Å²) in [4.78, 5) is 22.9. The SMILES string of the molecule is [2H]C([2H])([2H])[N+](C)(C)CC(CC(=O)O)OC(=O)CCCCCCCCC. The van der Waals surface area contributed by atoms with Crippen molar-refractivity contribution < 1.29 is 28.0 Å². The first-order chi connectivity index (χ1) is 11.5. The van der Waals surface area contributed by atoms with Crippen molar-refractivity contribution in [1.82, 2.24) is 0 Å². The van der Waals surface area contributed by atoms with E-state index in [0.29, 0.717) is 6.42 Å². The normalized spacial score (nSPS) is 15.5. The fraction of sp³-hybridized carbons (Fsp3) is 0.882. The van der Waals surface area contributed by atoms with Crippen LogP contribution in [-0.2, 0) is 14.3 Å². The van der Waals surface area contributed by atoms with E-state index in [2.05, 4.69) is 6.92 Å². The topological polar surface area (TPSA) is 63.6 Å². The summed E-state index contributed by atoms with van der Waals surface area (Å²) >= 11 is 0. The Hall–Kier alpha value is -1.10. The first-order valence-corrected chi connectivity index (χ1v) is 8.24. The molecule has 0 amide bonds. The van der Waals surface area contributed by atoms with Crippen molar-refractivity contribution in [3.8, 4) is 0 Å². The van der Waals surface area contributed by atoms with Gasteiger partial charge in [0.15, 0.2) is 6.10 Å². The second-order valence-corrected chi connectivity index (χ2v) is 6.45. The third-order valence-electron chi connectivity index (χ3n) is 3.34. The summed E-state index contributed by atoms with van der Waals surface area (Å²) in [6, 6.07) is 0. The number of carboxylic acid groups (broad SMARTS) is 1. The van der Waals surface area contributed by atoms with Crippen LogP contribution in [0.4, 0.5) is 0 Å². The molecule has 1 atom stereocenters. The lowest BCUT2D eigenvalue weighted by atomic mass is 10.1. The Morgan fingerprint density at radius 3 is 2.27 bits per heavy atom. The molecule has 22 heavy (non-hydrogen) atoms. The standard InChI is InChI=1S/C17H33NO4/c1-5-6-7-8-9-10-11-12-17(21)22-15(13-16(19)20)14-18(2,3)4/h15H,5-14H2,1-4H3/p+1/i2D3. The second-order valence-electron chi connectivity index (χ2n) is 6.45. The Kier molecular flexibility index (Phi) is 8.23. The van der Waals surface area contributed by atoms with E-state index in [4.69, 9.17) is 14.0 Å². The molecule has 0 fully saturated rings. The Bertz CT molecular complexity index is 411. The van der Waals surface area contributed by atoms with Gasteiger partial charge in [0.2, 0.25) is 0 Å². The quantitative estimate of drug-likeness (QED) is 0.322. The predicted molar refractivity (Wildman–Crippen MR) is 87.6 cm³/mol. The van der Waals surface area contributed by atoms with E-state index in [1.807, 2.05) is 0 Å². The molecule has 0 aliphatic carbocycles.